The summed E-state index contributed by atoms with van der Waals surface area (Å²) in [6, 6.07) is 0. The van der Waals surface area contributed by atoms with Crippen molar-refractivity contribution in [2.45, 2.75) is 111 Å². The van der Waals surface area contributed by atoms with Crippen molar-refractivity contribution >= 4 is 5.78 Å². The minimum absolute atomic E-state index is 0.0284. The molecule has 0 aromatic carbocycles. The van der Waals surface area contributed by atoms with Crippen molar-refractivity contribution in [2.24, 2.45) is 58.2 Å². The predicted octanol–water partition coefficient (Wildman–Crippen LogP) is 2.78. The van der Waals surface area contributed by atoms with Gasteiger partial charge >= 0.3 is 0 Å². The molecule has 34 heavy (non-hydrogen) atoms. The number of carbonyl (C=O) groups excluding carboxylic acids is 1. The highest BCUT2D eigenvalue weighted by atomic mass is 16.3. The van der Waals surface area contributed by atoms with Crippen LogP contribution in [-0.2, 0) is 4.79 Å². The molecule has 4 aliphatic rings. The Morgan fingerprint density at radius 2 is 1.53 bits per heavy atom. The van der Waals surface area contributed by atoms with Crippen molar-refractivity contribution < 1.29 is 30.3 Å². The van der Waals surface area contributed by atoms with Crippen molar-refractivity contribution in [1.82, 2.24) is 0 Å². The van der Waals surface area contributed by atoms with Gasteiger partial charge in [0, 0.05) is 24.2 Å². The molecule has 6 nitrogen and oxygen atoms in total. The van der Waals surface area contributed by atoms with E-state index in [1.165, 1.54) is 0 Å². The van der Waals surface area contributed by atoms with Gasteiger partial charge in [-0.15, -0.1) is 0 Å². The number of fused-ring (bicyclic) bond motifs is 5. The average molecular weight is 481 g/mol. The number of hydrogen-bond acceptors (Lipinski definition) is 6. The fourth-order valence-electron chi connectivity index (χ4n) is 9.21. The lowest BCUT2D eigenvalue weighted by atomic mass is 9.42. The first-order valence-corrected chi connectivity index (χ1v) is 13.7. The Balaban J connectivity index is 1.62. The first-order chi connectivity index (χ1) is 15.8. The number of carbonyl (C=O) groups is 1. The van der Waals surface area contributed by atoms with Crippen LogP contribution < -0.4 is 0 Å². The number of aliphatic hydroxyl groups excluding tert-OH is 5. The van der Waals surface area contributed by atoms with Gasteiger partial charge in [0.25, 0.3) is 0 Å². The average Bonchev–Trinajstić information content (AvgIpc) is 3.04. The number of Topliss-reactive ketones (excluding diaryl/α,β-unsaturated/α-hetero) is 1. The Bertz CT molecular complexity index is 770. The van der Waals surface area contributed by atoms with Crippen molar-refractivity contribution in [3.8, 4) is 0 Å². The zero-order valence-corrected chi connectivity index (χ0v) is 21.9. The van der Waals surface area contributed by atoms with E-state index in [9.17, 15) is 30.3 Å². The fourth-order valence-corrected chi connectivity index (χ4v) is 9.21. The van der Waals surface area contributed by atoms with Crippen LogP contribution in [-0.4, -0.2) is 61.8 Å². The second-order valence-corrected chi connectivity index (χ2v) is 13.5. The Labute approximate surface area is 205 Å². The maximum atomic E-state index is 13.6. The van der Waals surface area contributed by atoms with Crippen LogP contribution in [0.1, 0.15) is 80.1 Å². The Hall–Kier alpha value is -0.530. The largest absolute Gasteiger partial charge is 0.393 e. The second-order valence-electron chi connectivity index (χ2n) is 13.5. The zero-order chi connectivity index (χ0) is 25.3. The van der Waals surface area contributed by atoms with Crippen LogP contribution in [0.5, 0.6) is 0 Å². The van der Waals surface area contributed by atoms with Gasteiger partial charge in [-0.05, 0) is 72.5 Å². The number of aliphatic hydroxyl groups is 5. The highest BCUT2D eigenvalue weighted by molar-refractivity contribution is 5.85. The van der Waals surface area contributed by atoms with Crippen LogP contribution in [0.4, 0.5) is 0 Å². The van der Waals surface area contributed by atoms with Gasteiger partial charge in [-0.2, -0.15) is 0 Å². The number of rotatable bonds is 5. The predicted molar refractivity (Wildman–Crippen MR) is 130 cm³/mol. The van der Waals surface area contributed by atoms with Crippen molar-refractivity contribution in [3.05, 3.63) is 0 Å². The highest BCUT2D eigenvalue weighted by Crippen LogP contribution is 2.67. The Morgan fingerprint density at radius 1 is 0.912 bits per heavy atom. The molecule has 0 bridgehead atoms. The molecule has 6 heteroatoms. The second kappa shape index (κ2) is 9.09. The minimum Gasteiger partial charge on any atom is -0.393 e. The summed E-state index contributed by atoms with van der Waals surface area (Å²) in [5.41, 5.74) is -0.689. The lowest BCUT2D eigenvalue weighted by molar-refractivity contribution is -0.249. The monoisotopic (exact) mass is 480 g/mol. The van der Waals surface area contributed by atoms with Crippen LogP contribution in [0.25, 0.3) is 0 Å². The van der Waals surface area contributed by atoms with Gasteiger partial charge in [0.2, 0.25) is 0 Å². The van der Waals surface area contributed by atoms with Crippen molar-refractivity contribution in [2.75, 3.05) is 0 Å². The van der Waals surface area contributed by atoms with E-state index in [0.717, 1.165) is 12.8 Å². The highest BCUT2D eigenvalue weighted by Gasteiger charge is 2.68. The third-order valence-corrected chi connectivity index (χ3v) is 11.6. The van der Waals surface area contributed by atoms with Gasteiger partial charge in [0.1, 0.15) is 5.78 Å². The minimum atomic E-state index is -1.16. The molecule has 14 atom stereocenters. The van der Waals surface area contributed by atoms with Gasteiger partial charge < -0.3 is 25.5 Å². The molecule has 0 aromatic heterocycles. The fraction of sp³-hybridized carbons (Fsp3) is 0.964. The maximum absolute atomic E-state index is 13.6. The SMILES string of the molecule is CC(C)[C@H](C)[C@@H](O)C[C@@H](C)[C@H]1CC(=O)[C@H]2[C@@H]3[C@@H](O)[C@H](O)[C@H]4[C@H](O)[C@@H](O)CC[C@]4(C)[C@H]3CC[C@]12C. The molecule has 4 rings (SSSR count). The summed E-state index contributed by atoms with van der Waals surface area (Å²) in [6.07, 6.45) is -0.578. The van der Waals surface area contributed by atoms with E-state index in [1.54, 1.807) is 0 Å². The normalized spacial score (nSPS) is 51.4. The third kappa shape index (κ3) is 3.82. The summed E-state index contributed by atoms with van der Waals surface area (Å²) >= 11 is 0. The number of hydrogen-bond donors (Lipinski definition) is 5. The third-order valence-electron chi connectivity index (χ3n) is 11.6. The zero-order valence-electron chi connectivity index (χ0n) is 21.9. The van der Waals surface area contributed by atoms with E-state index in [-0.39, 0.29) is 46.7 Å². The summed E-state index contributed by atoms with van der Waals surface area (Å²) in [5, 5.41) is 54.5. The van der Waals surface area contributed by atoms with E-state index in [4.69, 9.17) is 0 Å². The molecule has 5 N–H and O–H groups in total. The van der Waals surface area contributed by atoms with E-state index >= 15 is 0 Å². The molecule has 0 radical (unpaired) electrons. The van der Waals surface area contributed by atoms with Crippen LogP contribution in [0.2, 0.25) is 0 Å². The van der Waals surface area contributed by atoms with E-state index in [0.29, 0.717) is 31.6 Å². The molecule has 196 valence electrons. The Morgan fingerprint density at radius 3 is 2.15 bits per heavy atom. The van der Waals surface area contributed by atoms with Gasteiger partial charge in [-0.1, -0.05) is 41.5 Å². The first-order valence-electron chi connectivity index (χ1n) is 13.7. The van der Waals surface area contributed by atoms with Gasteiger partial charge in [-0.3, -0.25) is 4.79 Å². The van der Waals surface area contributed by atoms with Crippen molar-refractivity contribution in [1.29, 1.82) is 0 Å². The van der Waals surface area contributed by atoms with E-state index in [1.807, 2.05) is 0 Å². The molecule has 0 aromatic rings. The quantitative estimate of drug-likeness (QED) is 0.413. The molecule has 4 aliphatic carbocycles. The molecule has 0 amide bonds. The summed E-state index contributed by atoms with van der Waals surface area (Å²) < 4.78 is 0. The van der Waals surface area contributed by atoms with Crippen LogP contribution in [0.3, 0.4) is 0 Å². The van der Waals surface area contributed by atoms with E-state index in [2.05, 4.69) is 41.5 Å². The molecule has 4 fully saturated rings. The molecule has 0 unspecified atom stereocenters. The maximum Gasteiger partial charge on any atom is 0.137 e. The van der Waals surface area contributed by atoms with Gasteiger partial charge in [-0.25, -0.2) is 0 Å². The summed E-state index contributed by atoms with van der Waals surface area (Å²) in [7, 11) is 0. The Kier molecular flexibility index (Phi) is 7.09. The molecular formula is C28H48O6. The van der Waals surface area contributed by atoms with Crippen molar-refractivity contribution in [3.63, 3.8) is 0 Å². The number of ketones is 1. The molecular weight excluding hydrogens is 432 g/mol. The van der Waals surface area contributed by atoms with Crippen LogP contribution in [0.15, 0.2) is 0 Å². The summed E-state index contributed by atoms with van der Waals surface area (Å²) in [4.78, 5) is 13.6. The molecule has 0 aliphatic heterocycles. The molecule has 0 spiro atoms. The molecule has 0 heterocycles. The standard InChI is InChI=1S/C28H48O6/c1-13(2)15(4)19(30)11-14(3)17-12-20(31)22-21-16(7-9-28(17,22)6)27(5)10-8-18(29)24(32)23(27)26(34)25(21)33/h13-19,21-26,29-30,32-34H,7-12H2,1-6H3/t14-,15+,16+,17-,18+,19+,21-,22+,23-,24-,25-,26-,27-,28-/m1/s1. The molecule has 4 saturated carbocycles. The lowest BCUT2D eigenvalue weighted by Gasteiger charge is -2.64. The van der Waals surface area contributed by atoms with E-state index < -0.39 is 41.9 Å². The first kappa shape index (κ1) is 26.5. The van der Waals surface area contributed by atoms with Crippen LogP contribution in [0, 0.1) is 58.2 Å². The lowest BCUT2D eigenvalue weighted by Crippen LogP contribution is -2.68. The van der Waals surface area contributed by atoms with Gasteiger partial charge in [0.05, 0.1) is 30.5 Å². The topological polar surface area (TPSA) is 118 Å². The van der Waals surface area contributed by atoms with Gasteiger partial charge in [0.15, 0.2) is 0 Å². The summed E-state index contributed by atoms with van der Waals surface area (Å²) in [5.74, 6) is -0.101. The smallest absolute Gasteiger partial charge is 0.137 e. The molecule has 0 saturated heterocycles. The summed E-state index contributed by atoms with van der Waals surface area (Å²) in [6.45, 7) is 12.8. The van der Waals surface area contributed by atoms with Crippen LogP contribution >= 0.6 is 0 Å².